The number of piperidine rings is 1. The Labute approximate surface area is 114 Å². The molecule has 19 heavy (non-hydrogen) atoms. The molecule has 0 saturated carbocycles. The van der Waals surface area contributed by atoms with Crippen molar-refractivity contribution in [1.82, 2.24) is 20.4 Å². The van der Waals surface area contributed by atoms with Gasteiger partial charge in [0, 0.05) is 13.1 Å². The van der Waals surface area contributed by atoms with Crippen LogP contribution in [0.2, 0.25) is 0 Å². The van der Waals surface area contributed by atoms with Gasteiger partial charge in [0.15, 0.2) is 0 Å². The number of likely N-dealkylation sites (tertiary alicyclic amines) is 1. The molecule has 0 spiro atoms. The summed E-state index contributed by atoms with van der Waals surface area (Å²) in [6.45, 7) is 4.73. The minimum Gasteiger partial charge on any atom is -0.329 e. The smallest absolute Gasteiger partial charge is 0.324 e. The lowest BCUT2D eigenvalue weighted by atomic mass is 9.93. The number of nitrogens with one attached hydrogen (secondary N) is 2. The summed E-state index contributed by atoms with van der Waals surface area (Å²) in [6, 6.07) is -0.242. The van der Waals surface area contributed by atoms with E-state index in [1.165, 1.54) is 24.2 Å². The van der Waals surface area contributed by atoms with Crippen molar-refractivity contribution in [1.29, 1.82) is 0 Å². The molecule has 2 rings (SSSR count). The summed E-state index contributed by atoms with van der Waals surface area (Å²) in [6.07, 6.45) is 3.70. The number of nitrogens with zero attached hydrogens (tertiary/aromatic N) is 2. The van der Waals surface area contributed by atoms with Crippen LogP contribution in [0.1, 0.15) is 19.3 Å². The normalized spacial score (nSPS) is 22.1. The van der Waals surface area contributed by atoms with E-state index in [2.05, 4.69) is 15.5 Å². The minimum atomic E-state index is -0.242. The quantitative estimate of drug-likeness (QED) is 0.658. The fourth-order valence-corrected chi connectivity index (χ4v) is 2.77. The van der Waals surface area contributed by atoms with E-state index in [0.717, 1.165) is 32.1 Å². The summed E-state index contributed by atoms with van der Waals surface area (Å²) in [5.41, 5.74) is 0. The van der Waals surface area contributed by atoms with Crippen molar-refractivity contribution >= 4 is 11.9 Å². The van der Waals surface area contributed by atoms with Gasteiger partial charge in [-0.2, -0.15) is 0 Å². The maximum atomic E-state index is 11.4. The van der Waals surface area contributed by atoms with Crippen molar-refractivity contribution in [3.05, 3.63) is 0 Å². The van der Waals surface area contributed by atoms with Gasteiger partial charge >= 0.3 is 6.03 Å². The Balaban J connectivity index is 1.65. The molecule has 2 heterocycles. The van der Waals surface area contributed by atoms with Crippen LogP contribution >= 0.6 is 0 Å². The van der Waals surface area contributed by atoms with Crippen LogP contribution in [0.25, 0.3) is 0 Å². The van der Waals surface area contributed by atoms with Crippen LogP contribution in [-0.2, 0) is 4.79 Å². The number of carbonyl (C=O) groups excluding carboxylic acids is 2. The Morgan fingerprint density at radius 3 is 2.58 bits per heavy atom. The SMILES string of the molecule is CNCCC1CCN(CCN2C(=O)CNC2=O)CC1. The first kappa shape index (κ1) is 14.3. The fourth-order valence-electron chi connectivity index (χ4n) is 2.77. The lowest BCUT2D eigenvalue weighted by Crippen LogP contribution is -2.42. The molecule has 3 amide bonds. The molecule has 2 N–H and O–H groups in total. The lowest BCUT2D eigenvalue weighted by Gasteiger charge is -2.32. The van der Waals surface area contributed by atoms with Crippen LogP contribution < -0.4 is 10.6 Å². The number of carbonyl (C=O) groups is 2. The fraction of sp³-hybridized carbons (Fsp3) is 0.846. The summed E-state index contributed by atoms with van der Waals surface area (Å²) in [5, 5.41) is 5.75. The maximum Gasteiger partial charge on any atom is 0.324 e. The largest absolute Gasteiger partial charge is 0.329 e. The zero-order valence-corrected chi connectivity index (χ0v) is 11.7. The van der Waals surface area contributed by atoms with Gasteiger partial charge in [-0.15, -0.1) is 0 Å². The molecular formula is C13H24N4O2. The van der Waals surface area contributed by atoms with Gasteiger partial charge < -0.3 is 15.5 Å². The van der Waals surface area contributed by atoms with E-state index in [1.54, 1.807) is 0 Å². The van der Waals surface area contributed by atoms with E-state index in [9.17, 15) is 9.59 Å². The van der Waals surface area contributed by atoms with Gasteiger partial charge in [0.25, 0.3) is 0 Å². The second-order valence-corrected chi connectivity index (χ2v) is 5.38. The monoisotopic (exact) mass is 268 g/mol. The van der Waals surface area contributed by atoms with Crippen LogP contribution in [-0.4, -0.2) is 68.1 Å². The van der Waals surface area contributed by atoms with Gasteiger partial charge in [0.05, 0.1) is 6.54 Å². The first-order chi connectivity index (χ1) is 9.20. The van der Waals surface area contributed by atoms with Gasteiger partial charge in [-0.25, -0.2) is 4.79 Å². The Kier molecular flexibility index (Phi) is 5.15. The van der Waals surface area contributed by atoms with Crippen LogP contribution in [0.3, 0.4) is 0 Å². The standard InChI is InChI=1S/C13H24N4O2/c1-14-5-2-11-3-6-16(7-4-11)8-9-17-12(18)10-15-13(17)19/h11,14H,2-10H2,1H3,(H,15,19). The molecule has 0 aromatic rings. The average Bonchev–Trinajstić information content (AvgIpc) is 2.75. The van der Waals surface area contributed by atoms with Crippen molar-refractivity contribution in [3.63, 3.8) is 0 Å². The summed E-state index contributed by atoms with van der Waals surface area (Å²) >= 11 is 0. The average molecular weight is 268 g/mol. The lowest BCUT2D eigenvalue weighted by molar-refractivity contribution is -0.125. The Morgan fingerprint density at radius 1 is 1.26 bits per heavy atom. The third kappa shape index (κ3) is 3.91. The van der Waals surface area contributed by atoms with Crippen LogP contribution in [0, 0.1) is 5.92 Å². The second-order valence-electron chi connectivity index (χ2n) is 5.38. The molecule has 0 aliphatic carbocycles. The molecule has 0 radical (unpaired) electrons. The molecule has 2 aliphatic heterocycles. The van der Waals surface area contributed by atoms with E-state index in [4.69, 9.17) is 0 Å². The molecule has 108 valence electrons. The molecule has 6 heteroatoms. The van der Waals surface area contributed by atoms with Gasteiger partial charge in [-0.3, -0.25) is 9.69 Å². The Bertz CT molecular complexity index is 311. The predicted octanol–water partition coefficient (Wildman–Crippen LogP) is -0.140. The number of imide groups is 1. The van der Waals surface area contributed by atoms with Gasteiger partial charge in [0.1, 0.15) is 0 Å². The molecule has 0 aromatic carbocycles. The first-order valence-corrected chi connectivity index (χ1v) is 7.16. The molecule has 2 fully saturated rings. The van der Waals surface area contributed by atoms with E-state index < -0.39 is 0 Å². The van der Waals surface area contributed by atoms with E-state index in [0.29, 0.717) is 6.54 Å². The van der Waals surface area contributed by atoms with Crippen molar-refractivity contribution in [2.45, 2.75) is 19.3 Å². The number of hydrogen-bond donors (Lipinski definition) is 2. The van der Waals surface area contributed by atoms with Crippen molar-refractivity contribution in [3.8, 4) is 0 Å². The molecule has 2 aliphatic rings. The first-order valence-electron chi connectivity index (χ1n) is 7.16. The zero-order valence-electron chi connectivity index (χ0n) is 11.7. The number of urea groups is 1. The van der Waals surface area contributed by atoms with Gasteiger partial charge in [-0.1, -0.05) is 0 Å². The third-order valence-electron chi connectivity index (χ3n) is 4.09. The van der Waals surface area contributed by atoms with E-state index >= 15 is 0 Å². The highest BCUT2D eigenvalue weighted by atomic mass is 16.2. The zero-order chi connectivity index (χ0) is 13.7. The maximum absolute atomic E-state index is 11.4. The number of rotatable bonds is 6. The minimum absolute atomic E-state index is 0.103. The summed E-state index contributed by atoms with van der Waals surface area (Å²) < 4.78 is 0. The Morgan fingerprint density at radius 2 is 2.00 bits per heavy atom. The second kappa shape index (κ2) is 6.86. The van der Waals surface area contributed by atoms with Gasteiger partial charge in [-0.05, 0) is 51.9 Å². The third-order valence-corrected chi connectivity index (χ3v) is 4.09. The summed E-state index contributed by atoms with van der Waals surface area (Å²) in [4.78, 5) is 26.5. The highest BCUT2D eigenvalue weighted by Crippen LogP contribution is 2.19. The summed E-state index contributed by atoms with van der Waals surface area (Å²) in [5.74, 6) is 0.717. The number of amides is 3. The summed E-state index contributed by atoms with van der Waals surface area (Å²) in [7, 11) is 1.99. The molecule has 0 aromatic heterocycles. The molecule has 0 atom stereocenters. The van der Waals surface area contributed by atoms with E-state index in [1.807, 2.05) is 7.05 Å². The molecule has 0 unspecified atom stereocenters. The predicted molar refractivity (Wildman–Crippen MR) is 72.8 cm³/mol. The molecule has 6 nitrogen and oxygen atoms in total. The van der Waals surface area contributed by atoms with Gasteiger partial charge in [0.2, 0.25) is 5.91 Å². The van der Waals surface area contributed by atoms with Crippen molar-refractivity contribution in [2.75, 3.05) is 46.3 Å². The van der Waals surface area contributed by atoms with Crippen molar-refractivity contribution in [2.24, 2.45) is 5.92 Å². The molecule has 0 bridgehead atoms. The highest BCUT2D eigenvalue weighted by molar-refractivity contribution is 6.01. The van der Waals surface area contributed by atoms with E-state index in [-0.39, 0.29) is 18.5 Å². The van der Waals surface area contributed by atoms with Crippen LogP contribution in [0.5, 0.6) is 0 Å². The molecule has 2 saturated heterocycles. The topological polar surface area (TPSA) is 64.7 Å². The van der Waals surface area contributed by atoms with Crippen molar-refractivity contribution < 1.29 is 9.59 Å². The highest BCUT2D eigenvalue weighted by Gasteiger charge is 2.28. The molecular weight excluding hydrogens is 244 g/mol. The number of hydrogen-bond acceptors (Lipinski definition) is 4. The Hall–Kier alpha value is -1.14. The van der Waals surface area contributed by atoms with Crippen LogP contribution in [0.15, 0.2) is 0 Å². The van der Waals surface area contributed by atoms with Crippen LogP contribution in [0.4, 0.5) is 4.79 Å².